The molecular formula is C23H28N2O. The Hall–Kier alpha value is -2.55. The maximum Gasteiger partial charge on any atom is 0.161 e. The van der Waals surface area contributed by atoms with E-state index in [-0.39, 0.29) is 5.78 Å². The summed E-state index contributed by atoms with van der Waals surface area (Å²) >= 11 is 0. The lowest BCUT2D eigenvalue weighted by atomic mass is 9.89. The quantitative estimate of drug-likeness (QED) is 0.740. The number of allylic oxidation sites excluding steroid dienone is 1. The lowest BCUT2D eigenvalue weighted by molar-refractivity contribution is -0.111. The number of benzene rings is 2. The van der Waals surface area contributed by atoms with Crippen molar-refractivity contribution in [2.24, 2.45) is 0 Å². The van der Waals surface area contributed by atoms with E-state index in [0.717, 1.165) is 24.2 Å². The lowest BCUT2D eigenvalue weighted by Gasteiger charge is -2.34. The molecule has 1 aliphatic rings. The molecule has 1 saturated heterocycles. The van der Waals surface area contributed by atoms with Gasteiger partial charge in [0.05, 0.1) is 0 Å². The molecule has 0 aliphatic carbocycles. The van der Waals surface area contributed by atoms with Crippen LogP contribution in [-0.2, 0) is 4.79 Å². The van der Waals surface area contributed by atoms with Crippen LogP contribution in [0.4, 0.5) is 5.69 Å². The zero-order valence-electron chi connectivity index (χ0n) is 16.0. The number of carbonyl (C=O) groups excluding carboxylic acids is 1. The van der Waals surface area contributed by atoms with Gasteiger partial charge in [0.2, 0.25) is 0 Å². The van der Waals surface area contributed by atoms with Gasteiger partial charge in [-0.2, -0.15) is 0 Å². The van der Waals surface area contributed by atoms with Gasteiger partial charge in [-0.25, -0.2) is 0 Å². The molecule has 3 heteroatoms. The van der Waals surface area contributed by atoms with Crippen LogP contribution in [0.2, 0.25) is 0 Å². The molecule has 0 amide bonds. The fourth-order valence-electron chi connectivity index (χ4n) is 3.67. The van der Waals surface area contributed by atoms with E-state index in [1.165, 1.54) is 24.1 Å². The Morgan fingerprint density at radius 2 is 1.62 bits per heavy atom. The van der Waals surface area contributed by atoms with Gasteiger partial charge in [-0.05, 0) is 48.9 Å². The van der Waals surface area contributed by atoms with Crippen LogP contribution >= 0.6 is 0 Å². The largest absolute Gasteiger partial charge is 0.383 e. The van der Waals surface area contributed by atoms with Crippen molar-refractivity contribution in [3.63, 3.8) is 0 Å². The second-order valence-corrected chi connectivity index (χ2v) is 7.28. The van der Waals surface area contributed by atoms with Crippen molar-refractivity contribution >= 4 is 17.0 Å². The van der Waals surface area contributed by atoms with Crippen LogP contribution in [0.25, 0.3) is 5.57 Å². The second-order valence-electron chi connectivity index (χ2n) is 7.28. The van der Waals surface area contributed by atoms with Crippen LogP contribution in [0.5, 0.6) is 0 Å². The predicted octanol–water partition coefficient (Wildman–Crippen LogP) is 4.56. The molecule has 3 rings (SSSR count). The molecule has 0 unspecified atom stereocenters. The molecule has 0 bridgehead atoms. The highest BCUT2D eigenvalue weighted by Crippen LogP contribution is 2.31. The number of nitrogens with zero attached hydrogens (tertiary/aromatic N) is 2. The first-order valence-electron chi connectivity index (χ1n) is 9.34. The molecule has 136 valence electrons. The van der Waals surface area contributed by atoms with Crippen molar-refractivity contribution in [1.82, 2.24) is 4.90 Å². The zero-order valence-corrected chi connectivity index (χ0v) is 16.0. The summed E-state index contributed by atoms with van der Waals surface area (Å²) in [5, 5.41) is 0. The minimum Gasteiger partial charge on any atom is -0.383 e. The van der Waals surface area contributed by atoms with E-state index in [1.807, 2.05) is 25.2 Å². The summed E-state index contributed by atoms with van der Waals surface area (Å²) in [6.07, 6.45) is 4.26. The molecule has 2 aromatic carbocycles. The first kappa shape index (κ1) is 18.2. The zero-order chi connectivity index (χ0) is 18.5. The van der Waals surface area contributed by atoms with E-state index < -0.39 is 0 Å². The number of Topliss-reactive ketones (excluding diaryl/α,β-unsaturated/α-hetero) is 1. The molecule has 0 N–H and O–H groups in total. The van der Waals surface area contributed by atoms with E-state index >= 15 is 0 Å². The Bertz CT molecular complexity index is 755. The van der Waals surface area contributed by atoms with Crippen LogP contribution in [-0.4, -0.2) is 37.9 Å². The standard InChI is InChI=1S/C23H28N2O/c1-18(26)23(17-24(2)3)21-9-11-22(12-10-21)25-15-13-20(14-16-25)19-7-5-4-6-8-19/h4-12,17,20H,13-16H2,1-3H3. The Morgan fingerprint density at radius 1 is 1.00 bits per heavy atom. The summed E-state index contributed by atoms with van der Waals surface area (Å²) in [4.78, 5) is 16.3. The Balaban J connectivity index is 1.67. The predicted molar refractivity (Wildman–Crippen MR) is 109 cm³/mol. The van der Waals surface area contributed by atoms with Crippen molar-refractivity contribution in [1.29, 1.82) is 0 Å². The van der Waals surface area contributed by atoms with E-state index in [0.29, 0.717) is 5.92 Å². The van der Waals surface area contributed by atoms with Crippen LogP contribution in [0.3, 0.4) is 0 Å². The first-order chi connectivity index (χ1) is 12.5. The van der Waals surface area contributed by atoms with Crippen LogP contribution in [0, 0.1) is 0 Å². The Kier molecular flexibility index (Phi) is 5.77. The summed E-state index contributed by atoms with van der Waals surface area (Å²) in [5.41, 5.74) is 4.44. The summed E-state index contributed by atoms with van der Waals surface area (Å²) in [6, 6.07) is 19.3. The molecule has 3 nitrogen and oxygen atoms in total. The molecule has 0 saturated carbocycles. The number of piperidine rings is 1. The van der Waals surface area contributed by atoms with Gasteiger partial charge in [-0.15, -0.1) is 0 Å². The fourth-order valence-corrected chi connectivity index (χ4v) is 3.67. The maximum absolute atomic E-state index is 11.9. The molecule has 0 radical (unpaired) electrons. The number of anilines is 1. The Morgan fingerprint density at radius 3 is 2.15 bits per heavy atom. The molecular weight excluding hydrogens is 320 g/mol. The highest BCUT2D eigenvalue weighted by molar-refractivity contribution is 6.19. The van der Waals surface area contributed by atoms with Gasteiger partial charge in [0.25, 0.3) is 0 Å². The molecule has 1 heterocycles. The Labute approximate surface area is 156 Å². The topological polar surface area (TPSA) is 23.6 Å². The van der Waals surface area contributed by atoms with E-state index in [4.69, 9.17) is 0 Å². The van der Waals surface area contributed by atoms with Crippen molar-refractivity contribution in [3.8, 4) is 0 Å². The van der Waals surface area contributed by atoms with Crippen molar-refractivity contribution in [2.75, 3.05) is 32.1 Å². The number of carbonyl (C=O) groups is 1. The third kappa shape index (κ3) is 4.34. The highest BCUT2D eigenvalue weighted by Gasteiger charge is 2.20. The maximum atomic E-state index is 11.9. The number of hydrogen-bond acceptors (Lipinski definition) is 3. The van der Waals surface area contributed by atoms with Gasteiger partial charge < -0.3 is 9.80 Å². The number of hydrogen-bond donors (Lipinski definition) is 0. The monoisotopic (exact) mass is 348 g/mol. The third-order valence-electron chi connectivity index (χ3n) is 5.08. The summed E-state index contributed by atoms with van der Waals surface area (Å²) in [5.74, 6) is 0.759. The van der Waals surface area contributed by atoms with Crippen LogP contribution in [0.1, 0.15) is 36.8 Å². The van der Waals surface area contributed by atoms with Gasteiger partial charge in [-0.3, -0.25) is 4.79 Å². The van der Waals surface area contributed by atoms with Gasteiger partial charge in [0, 0.05) is 44.6 Å². The van der Waals surface area contributed by atoms with E-state index in [9.17, 15) is 4.79 Å². The second kappa shape index (κ2) is 8.22. The molecule has 26 heavy (non-hydrogen) atoms. The average Bonchev–Trinajstić information content (AvgIpc) is 2.67. The van der Waals surface area contributed by atoms with Gasteiger partial charge in [-0.1, -0.05) is 42.5 Å². The molecule has 0 atom stereocenters. The van der Waals surface area contributed by atoms with Crippen molar-refractivity contribution in [3.05, 3.63) is 71.9 Å². The summed E-state index contributed by atoms with van der Waals surface area (Å²) in [7, 11) is 3.88. The van der Waals surface area contributed by atoms with Gasteiger partial charge in [0.15, 0.2) is 5.78 Å². The molecule has 1 aliphatic heterocycles. The minimum atomic E-state index is 0.0927. The molecule has 1 fully saturated rings. The highest BCUT2D eigenvalue weighted by atomic mass is 16.1. The molecule has 0 spiro atoms. The van der Waals surface area contributed by atoms with Crippen LogP contribution < -0.4 is 4.90 Å². The van der Waals surface area contributed by atoms with E-state index in [1.54, 1.807) is 6.92 Å². The fraction of sp³-hybridized carbons (Fsp3) is 0.348. The average molecular weight is 348 g/mol. The minimum absolute atomic E-state index is 0.0927. The SMILES string of the molecule is CC(=O)C(=CN(C)C)c1ccc(N2CCC(c3ccccc3)CC2)cc1. The normalized spacial score (nSPS) is 15.8. The van der Waals surface area contributed by atoms with E-state index in [2.05, 4.69) is 59.5 Å². The van der Waals surface area contributed by atoms with Crippen LogP contribution in [0.15, 0.2) is 60.8 Å². The third-order valence-corrected chi connectivity index (χ3v) is 5.08. The summed E-state index contributed by atoms with van der Waals surface area (Å²) < 4.78 is 0. The smallest absolute Gasteiger partial charge is 0.161 e. The van der Waals surface area contributed by atoms with Gasteiger partial charge >= 0.3 is 0 Å². The summed E-state index contributed by atoms with van der Waals surface area (Å²) in [6.45, 7) is 3.77. The first-order valence-corrected chi connectivity index (χ1v) is 9.34. The van der Waals surface area contributed by atoms with Crippen molar-refractivity contribution in [2.45, 2.75) is 25.7 Å². The van der Waals surface area contributed by atoms with Gasteiger partial charge in [0.1, 0.15) is 0 Å². The number of rotatable bonds is 5. The lowest BCUT2D eigenvalue weighted by Crippen LogP contribution is -2.32. The van der Waals surface area contributed by atoms with Crippen molar-refractivity contribution < 1.29 is 4.79 Å². The molecule has 0 aromatic heterocycles. The molecule has 2 aromatic rings. The number of ketones is 1.